The van der Waals surface area contributed by atoms with Crippen LogP contribution in [0.15, 0.2) is 0 Å². The Bertz CT molecular complexity index is 284. The van der Waals surface area contributed by atoms with Crippen molar-refractivity contribution in [3.8, 4) is 0 Å². The van der Waals surface area contributed by atoms with Crippen molar-refractivity contribution >= 4 is 5.97 Å². The Morgan fingerprint density at radius 2 is 1.82 bits per heavy atom. The maximum absolute atomic E-state index is 11.2. The SMILES string of the molecule is CC1(C(=O)O)CCN(C2CCCCC2O)CC1. The molecule has 2 rings (SSSR count). The number of hydrogen-bond acceptors (Lipinski definition) is 3. The van der Waals surface area contributed by atoms with Crippen LogP contribution in [0.2, 0.25) is 0 Å². The zero-order chi connectivity index (χ0) is 12.5. The molecule has 2 fully saturated rings. The molecule has 2 N–H and O–H groups in total. The first kappa shape index (κ1) is 12.8. The second-order valence-corrected chi connectivity index (χ2v) is 5.82. The van der Waals surface area contributed by atoms with Gasteiger partial charge in [0.25, 0.3) is 0 Å². The van der Waals surface area contributed by atoms with E-state index >= 15 is 0 Å². The molecule has 0 aromatic heterocycles. The molecule has 17 heavy (non-hydrogen) atoms. The second kappa shape index (κ2) is 4.94. The molecule has 1 aliphatic heterocycles. The molecular weight excluding hydrogens is 218 g/mol. The minimum absolute atomic E-state index is 0.210. The number of aliphatic hydroxyl groups excluding tert-OH is 1. The number of piperidine rings is 1. The van der Waals surface area contributed by atoms with Crippen LogP contribution in [0.4, 0.5) is 0 Å². The number of rotatable bonds is 2. The first-order valence-electron chi connectivity index (χ1n) is 6.68. The fourth-order valence-corrected chi connectivity index (χ4v) is 3.08. The van der Waals surface area contributed by atoms with E-state index in [2.05, 4.69) is 4.90 Å². The molecule has 0 radical (unpaired) electrons. The van der Waals surface area contributed by atoms with E-state index in [-0.39, 0.29) is 12.1 Å². The lowest BCUT2D eigenvalue weighted by Gasteiger charge is -2.43. The van der Waals surface area contributed by atoms with Crippen LogP contribution in [-0.2, 0) is 4.79 Å². The Labute approximate surface area is 103 Å². The van der Waals surface area contributed by atoms with Gasteiger partial charge in [-0.05, 0) is 45.7 Å². The summed E-state index contributed by atoms with van der Waals surface area (Å²) < 4.78 is 0. The highest BCUT2D eigenvalue weighted by atomic mass is 16.4. The van der Waals surface area contributed by atoms with E-state index in [1.165, 1.54) is 6.42 Å². The van der Waals surface area contributed by atoms with Crippen LogP contribution in [0.1, 0.15) is 45.4 Å². The summed E-state index contributed by atoms with van der Waals surface area (Å²) in [6.45, 7) is 3.46. The fraction of sp³-hybridized carbons (Fsp3) is 0.923. The molecule has 4 heteroatoms. The molecule has 1 saturated carbocycles. The largest absolute Gasteiger partial charge is 0.481 e. The number of nitrogens with zero attached hydrogens (tertiary/aromatic N) is 1. The highest BCUT2D eigenvalue weighted by Crippen LogP contribution is 2.34. The van der Waals surface area contributed by atoms with Crippen molar-refractivity contribution in [3.63, 3.8) is 0 Å². The zero-order valence-corrected chi connectivity index (χ0v) is 10.6. The summed E-state index contributed by atoms with van der Waals surface area (Å²) in [5.41, 5.74) is -0.559. The third kappa shape index (κ3) is 2.63. The van der Waals surface area contributed by atoms with Gasteiger partial charge >= 0.3 is 5.97 Å². The molecule has 0 aromatic rings. The highest BCUT2D eigenvalue weighted by molar-refractivity contribution is 5.74. The summed E-state index contributed by atoms with van der Waals surface area (Å²) >= 11 is 0. The summed E-state index contributed by atoms with van der Waals surface area (Å²) in [6, 6.07) is 0.266. The van der Waals surface area contributed by atoms with E-state index in [4.69, 9.17) is 0 Å². The number of aliphatic hydroxyl groups is 1. The van der Waals surface area contributed by atoms with Crippen LogP contribution in [-0.4, -0.2) is 46.3 Å². The van der Waals surface area contributed by atoms with Crippen LogP contribution in [0.25, 0.3) is 0 Å². The molecule has 2 atom stereocenters. The minimum Gasteiger partial charge on any atom is -0.481 e. The van der Waals surface area contributed by atoms with E-state index in [1.54, 1.807) is 0 Å². The minimum atomic E-state index is -0.679. The van der Waals surface area contributed by atoms with Gasteiger partial charge in [0.2, 0.25) is 0 Å². The Balaban J connectivity index is 1.92. The van der Waals surface area contributed by atoms with Crippen LogP contribution < -0.4 is 0 Å². The number of carboxylic acids is 1. The Morgan fingerprint density at radius 1 is 1.24 bits per heavy atom. The smallest absolute Gasteiger partial charge is 0.309 e. The molecule has 0 bridgehead atoms. The molecule has 0 spiro atoms. The van der Waals surface area contributed by atoms with Crippen molar-refractivity contribution < 1.29 is 15.0 Å². The van der Waals surface area contributed by atoms with Crippen LogP contribution >= 0.6 is 0 Å². The quantitative estimate of drug-likeness (QED) is 0.768. The first-order valence-corrected chi connectivity index (χ1v) is 6.68. The normalized spacial score (nSPS) is 34.5. The Kier molecular flexibility index (Phi) is 3.73. The lowest BCUT2D eigenvalue weighted by atomic mass is 9.79. The molecule has 1 saturated heterocycles. The summed E-state index contributed by atoms with van der Waals surface area (Å²) in [5.74, 6) is -0.679. The number of carboxylic acid groups (broad SMARTS) is 1. The van der Waals surface area contributed by atoms with Gasteiger partial charge in [0.05, 0.1) is 11.5 Å². The van der Waals surface area contributed by atoms with E-state index in [0.717, 1.165) is 32.4 Å². The highest BCUT2D eigenvalue weighted by Gasteiger charge is 2.39. The standard InChI is InChI=1S/C13H23NO3/c1-13(12(16)17)6-8-14(9-7-13)10-4-2-3-5-11(10)15/h10-11,15H,2-9H2,1H3,(H,16,17). The topological polar surface area (TPSA) is 60.8 Å². The first-order chi connectivity index (χ1) is 8.03. The lowest BCUT2D eigenvalue weighted by molar-refractivity contribution is -0.151. The zero-order valence-electron chi connectivity index (χ0n) is 10.6. The third-order valence-electron chi connectivity index (χ3n) is 4.58. The Hall–Kier alpha value is -0.610. The second-order valence-electron chi connectivity index (χ2n) is 5.82. The van der Waals surface area contributed by atoms with Crippen LogP contribution in [0, 0.1) is 5.41 Å². The summed E-state index contributed by atoms with van der Waals surface area (Å²) in [5, 5.41) is 19.2. The van der Waals surface area contributed by atoms with Crippen molar-refractivity contribution in [1.29, 1.82) is 0 Å². The van der Waals surface area contributed by atoms with Gasteiger partial charge in [0, 0.05) is 6.04 Å². The van der Waals surface area contributed by atoms with Crippen LogP contribution in [0.3, 0.4) is 0 Å². The molecule has 0 aromatic carbocycles. The van der Waals surface area contributed by atoms with E-state index in [1.807, 2.05) is 6.92 Å². The van der Waals surface area contributed by atoms with Crippen molar-refractivity contribution in [2.75, 3.05) is 13.1 Å². The number of likely N-dealkylation sites (tertiary alicyclic amines) is 1. The number of aliphatic carboxylic acids is 1. The average molecular weight is 241 g/mol. The van der Waals surface area contributed by atoms with Gasteiger partial charge in [0.15, 0.2) is 0 Å². The molecule has 0 amide bonds. The number of carbonyl (C=O) groups is 1. The van der Waals surface area contributed by atoms with E-state index < -0.39 is 11.4 Å². The summed E-state index contributed by atoms with van der Waals surface area (Å²) in [4.78, 5) is 13.5. The third-order valence-corrected chi connectivity index (χ3v) is 4.58. The van der Waals surface area contributed by atoms with E-state index in [0.29, 0.717) is 12.8 Å². The number of hydrogen-bond donors (Lipinski definition) is 2. The lowest BCUT2D eigenvalue weighted by Crippen LogP contribution is -2.51. The van der Waals surface area contributed by atoms with Crippen molar-refractivity contribution in [1.82, 2.24) is 4.90 Å². The van der Waals surface area contributed by atoms with Gasteiger partial charge in [-0.25, -0.2) is 0 Å². The molecule has 2 aliphatic rings. The van der Waals surface area contributed by atoms with E-state index in [9.17, 15) is 15.0 Å². The Morgan fingerprint density at radius 3 is 2.35 bits per heavy atom. The van der Waals surface area contributed by atoms with Gasteiger partial charge in [-0.2, -0.15) is 0 Å². The summed E-state index contributed by atoms with van der Waals surface area (Å²) in [7, 11) is 0. The molecule has 98 valence electrons. The monoisotopic (exact) mass is 241 g/mol. The van der Waals surface area contributed by atoms with Gasteiger partial charge in [-0.15, -0.1) is 0 Å². The maximum Gasteiger partial charge on any atom is 0.309 e. The summed E-state index contributed by atoms with van der Waals surface area (Å²) in [6.07, 6.45) is 5.46. The molecule has 4 nitrogen and oxygen atoms in total. The average Bonchev–Trinajstić information content (AvgIpc) is 2.31. The molecule has 1 heterocycles. The maximum atomic E-state index is 11.2. The molecular formula is C13H23NO3. The van der Waals surface area contributed by atoms with Crippen molar-refractivity contribution in [2.45, 2.75) is 57.6 Å². The predicted molar refractivity (Wildman–Crippen MR) is 64.8 cm³/mol. The predicted octanol–water partition coefficient (Wildman–Crippen LogP) is 1.48. The molecule has 2 unspecified atom stereocenters. The molecule has 1 aliphatic carbocycles. The van der Waals surface area contributed by atoms with Crippen molar-refractivity contribution in [3.05, 3.63) is 0 Å². The van der Waals surface area contributed by atoms with Gasteiger partial charge in [-0.1, -0.05) is 12.8 Å². The van der Waals surface area contributed by atoms with Gasteiger partial charge in [-0.3, -0.25) is 9.69 Å². The van der Waals surface area contributed by atoms with Gasteiger partial charge < -0.3 is 10.2 Å². The fourth-order valence-electron chi connectivity index (χ4n) is 3.08. The van der Waals surface area contributed by atoms with Gasteiger partial charge in [0.1, 0.15) is 0 Å². The van der Waals surface area contributed by atoms with Crippen molar-refractivity contribution in [2.24, 2.45) is 5.41 Å². The van der Waals surface area contributed by atoms with Crippen LogP contribution in [0.5, 0.6) is 0 Å².